The standard InChI is InChI=1S/C34H54ClN3O9S/c1-22-10-11-26-23(2)29(43-32-34(26)25(22)12-13-33(3,45-32)46-47-34)38-19-20-48(40,41)24(21-38)9-7-5-6-8-14-36-15-17-37(18-16-36)28-27(35)30(39)44-31(28)42-4/h22-26,29,31-32H,5-21H2,1-4H3/t22-,23-,24+,25+,26+,29-,31?,32?,33+,34-/m1/s1. The quantitative estimate of drug-likeness (QED) is 0.186. The third-order valence-electron chi connectivity index (χ3n) is 12.6. The molecule has 10 atom stereocenters. The molecule has 272 valence electrons. The molecule has 12 nitrogen and oxygen atoms in total. The van der Waals surface area contributed by atoms with E-state index in [9.17, 15) is 13.2 Å². The van der Waals surface area contributed by atoms with Crippen LogP contribution < -0.4 is 0 Å². The van der Waals surface area contributed by atoms with Crippen molar-refractivity contribution in [2.75, 3.05) is 58.7 Å². The molecule has 1 saturated carbocycles. The van der Waals surface area contributed by atoms with Crippen LogP contribution in [-0.2, 0) is 43.4 Å². The van der Waals surface area contributed by atoms with E-state index >= 15 is 0 Å². The first-order chi connectivity index (χ1) is 23.0. The lowest BCUT2D eigenvalue weighted by Crippen LogP contribution is -2.72. The summed E-state index contributed by atoms with van der Waals surface area (Å²) < 4.78 is 50.4. The summed E-state index contributed by atoms with van der Waals surface area (Å²) in [5, 5.41) is -0.263. The molecule has 7 aliphatic heterocycles. The van der Waals surface area contributed by atoms with Crippen LogP contribution in [0.3, 0.4) is 0 Å². The number of ether oxygens (including phenoxy) is 4. The monoisotopic (exact) mass is 715 g/mol. The Morgan fingerprint density at radius 1 is 0.979 bits per heavy atom. The highest BCUT2D eigenvalue weighted by molar-refractivity contribution is 7.92. The van der Waals surface area contributed by atoms with Gasteiger partial charge in [-0.15, -0.1) is 0 Å². The van der Waals surface area contributed by atoms with Crippen LogP contribution in [0.5, 0.6) is 0 Å². The number of hydrogen-bond acceptors (Lipinski definition) is 12. The molecule has 8 rings (SSSR count). The second-order valence-corrected chi connectivity index (χ2v) is 18.3. The zero-order chi connectivity index (χ0) is 33.8. The normalized spacial score (nSPS) is 43.3. The van der Waals surface area contributed by atoms with Gasteiger partial charge in [0, 0.05) is 64.6 Å². The number of carbonyl (C=O) groups excluding carboxylic acids is 1. The average Bonchev–Trinajstić information content (AvgIpc) is 3.18. The van der Waals surface area contributed by atoms with E-state index in [-0.39, 0.29) is 34.1 Å². The lowest BCUT2D eigenvalue weighted by molar-refractivity contribution is -0.574. The fourth-order valence-electron chi connectivity index (χ4n) is 9.82. The van der Waals surface area contributed by atoms with Gasteiger partial charge in [0.15, 0.2) is 26.8 Å². The smallest absolute Gasteiger partial charge is 0.354 e. The molecular formula is C34H54ClN3O9S. The molecule has 1 spiro atoms. The zero-order valence-corrected chi connectivity index (χ0v) is 30.5. The van der Waals surface area contributed by atoms with E-state index in [0.717, 1.165) is 84.1 Å². The molecule has 0 aromatic carbocycles. The van der Waals surface area contributed by atoms with Crippen molar-refractivity contribution in [3.8, 4) is 0 Å². The van der Waals surface area contributed by atoms with E-state index in [1.165, 1.54) is 7.11 Å². The van der Waals surface area contributed by atoms with E-state index in [1.54, 1.807) is 0 Å². The van der Waals surface area contributed by atoms with Gasteiger partial charge in [0.05, 0.1) is 11.0 Å². The van der Waals surface area contributed by atoms with Gasteiger partial charge in [-0.3, -0.25) is 9.80 Å². The molecule has 1 aliphatic carbocycles. The zero-order valence-electron chi connectivity index (χ0n) is 28.9. The lowest BCUT2D eigenvalue weighted by Gasteiger charge is -2.61. The minimum Gasteiger partial charge on any atom is -0.425 e. The summed E-state index contributed by atoms with van der Waals surface area (Å²) in [6, 6.07) is 0. The van der Waals surface area contributed by atoms with Crippen LogP contribution in [-0.4, -0.2) is 123 Å². The number of methoxy groups -OCH3 is 1. The van der Waals surface area contributed by atoms with Crippen molar-refractivity contribution < 1.29 is 41.9 Å². The van der Waals surface area contributed by atoms with Gasteiger partial charge in [-0.05, 0) is 57.4 Å². The van der Waals surface area contributed by atoms with Crippen LogP contribution in [0, 0.1) is 23.7 Å². The van der Waals surface area contributed by atoms with Crippen molar-refractivity contribution in [2.24, 2.45) is 23.7 Å². The number of esters is 1. The summed E-state index contributed by atoms with van der Waals surface area (Å²) >= 11 is 6.21. The number of fused-ring (bicyclic) bond motifs is 2. The SMILES string of the molecule is COC1OC(=O)C(Cl)=C1N1CCN(CCCCCC[C@H]2CN([C@@H]3OC4O[C@]5(C)CC[C@H]6[C@H](C)CC[C@@H]([C@H]3C)[C@@]46OO5)CCS2(=O)=O)CC1. The molecule has 0 radical (unpaired) electrons. The number of carbonyl (C=O) groups is 1. The summed E-state index contributed by atoms with van der Waals surface area (Å²) in [6.07, 6.45) is 7.20. The summed E-state index contributed by atoms with van der Waals surface area (Å²) in [5.74, 6) is 0.0240. The Bertz CT molecular complexity index is 1340. The first-order valence-corrected chi connectivity index (χ1v) is 20.3. The molecule has 0 N–H and O–H groups in total. The van der Waals surface area contributed by atoms with Crippen LogP contribution in [0.2, 0.25) is 0 Å². The minimum absolute atomic E-state index is 0.115. The molecule has 7 heterocycles. The summed E-state index contributed by atoms with van der Waals surface area (Å²) in [4.78, 5) is 31.0. The van der Waals surface area contributed by atoms with Crippen LogP contribution in [0.15, 0.2) is 10.7 Å². The highest BCUT2D eigenvalue weighted by Gasteiger charge is 2.69. The molecule has 0 aromatic rings. The molecule has 2 unspecified atom stereocenters. The number of nitrogens with zero attached hydrogens (tertiary/aromatic N) is 3. The molecule has 7 fully saturated rings. The summed E-state index contributed by atoms with van der Waals surface area (Å²) in [5.41, 5.74) is 0.0239. The molecule has 48 heavy (non-hydrogen) atoms. The highest BCUT2D eigenvalue weighted by Crippen LogP contribution is 2.60. The Balaban J connectivity index is 0.885. The highest BCUT2D eigenvalue weighted by atomic mass is 35.5. The van der Waals surface area contributed by atoms with Gasteiger partial charge in [0.1, 0.15) is 11.9 Å². The number of cyclic esters (lactones) is 1. The Morgan fingerprint density at radius 2 is 1.75 bits per heavy atom. The predicted molar refractivity (Wildman–Crippen MR) is 177 cm³/mol. The van der Waals surface area contributed by atoms with Gasteiger partial charge in [0.25, 0.3) is 0 Å². The largest absolute Gasteiger partial charge is 0.425 e. The first-order valence-electron chi connectivity index (χ1n) is 18.2. The van der Waals surface area contributed by atoms with E-state index in [4.69, 9.17) is 40.3 Å². The van der Waals surface area contributed by atoms with Gasteiger partial charge < -0.3 is 23.8 Å². The Morgan fingerprint density at radius 3 is 2.52 bits per heavy atom. The Kier molecular flexibility index (Phi) is 10.2. The number of rotatable bonds is 10. The minimum atomic E-state index is -3.16. The third kappa shape index (κ3) is 6.35. The van der Waals surface area contributed by atoms with Crippen molar-refractivity contribution in [3.05, 3.63) is 10.7 Å². The van der Waals surface area contributed by atoms with Gasteiger partial charge >= 0.3 is 5.97 Å². The van der Waals surface area contributed by atoms with Gasteiger partial charge in [-0.2, -0.15) is 0 Å². The number of piperazine rings is 1. The molecular weight excluding hydrogens is 662 g/mol. The van der Waals surface area contributed by atoms with Crippen LogP contribution >= 0.6 is 11.6 Å². The fraction of sp³-hybridized carbons (Fsp3) is 0.912. The second-order valence-electron chi connectivity index (χ2n) is 15.5. The topological polar surface area (TPSA) is 116 Å². The maximum atomic E-state index is 13.3. The van der Waals surface area contributed by atoms with Crippen molar-refractivity contribution in [2.45, 2.75) is 114 Å². The van der Waals surface area contributed by atoms with E-state index < -0.39 is 39.8 Å². The predicted octanol–water partition coefficient (Wildman–Crippen LogP) is 3.84. The third-order valence-corrected chi connectivity index (χ3v) is 15.1. The number of unbranched alkanes of at least 4 members (excludes halogenated alkanes) is 3. The molecule has 6 saturated heterocycles. The summed E-state index contributed by atoms with van der Waals surface area (Å²) in [6.45, 7) is 11.8. The maximum Gasteiger partial charge on any atom is 0.354 e. The van der Waals surface area contributed by atoms with E-state index in [0.29, 0.717) is 37.0 Å². The lowest BCUT2D eigenvalue weighted by atomic mass is 9.58. The van der Waals surface area contributed by atoms with Crippen LogP contribution in [0.25, 0.3) is 0 Å². The van der Waals surface area contributed by atoms with Crippen LogP contribution in [0.4, 0.5) is 0 Å². The number of hydrogen-bond donors (Lipinski definition) is 0. The molecule has 2 bridgehead atoms. The van der Waals surface area contributed by atoms with Crippen molar-refractivity contribution >= 4 is 27.4 Å². The Hall–Kier alpha value is -1.03. The van der Waals surface area contributed by atoms with Crippen LogP contribution in [0.1, 0.15) is 78.6 Å². The number of sulfone groups is 1. The summed E-state index contributed by atoms with van der Waals surface area (Å²) in [7, 11) is -1.65. The van der Waals surface area contributed by atoms with Crippen molar-refractivity contribution in [1.82, 2.24) is 14.7 Å². The fourth-order valence-corrected chi connectivity index (χ4v) is 11.8. The average molecular weight is 716 g/mol. The first kappa shape index (κ1) is 35.4. The van der Waals surface area contributed by atoms with E-state index in [2.05, 4.69) is 28.5 Å². The maximum absolute atomic E-state index is 13.3. The molecule has 0 aromatic heterocycles. The molecule has 8 aliphatic rings. The molecule has 14 heteroatoms. The Labute approximate surface area is 290 Å². The molecule has 0 amide bonds. The van der Waals surface area contributed by atoms with Crippen molar-refractivity contribution in [3.63, 3.8) is 0 Å². The number of halogens is 1. The van der Waals surface area contributed by atoms with E-state index in [1.807, 2.05) is 6.92 Å². The second kappa shape index (κ2) is 13.8. The van der Waals surface area contributed by atoms with Crippen molar-refractivity contribution in [1.29, 1.82) is 0 Å². The van der Waals surface area contributed by atoms with Gasteiger partial charge in [-0.25, -0.2) is 23.0 Å². The van der Waals surface area contributed by atoms with Gasteiger partial charge in [-0.1, -0.05) is 44.7 Å². The van der Waals surface area contributed by atoms with Gasteiger partial charge in [0.2, 0.25) is 12.1 Å².